The third-order valence-corrected chi connectivity index (χ3v) is 6.92. The molecule has 0 bridgehead atoms. The number of benzene rings is 4. The van der Waals surface area contributed by atoms with Gasteiger partial charge in [-0.05, 0) is 65.2 Å². The van der Waals surface area contributed by atoms with E-state index in [0.29, 0.717) is 22.6 Å². The number of carbonyl (C=O) groups is 4. The number of aliphatic carboxylic acids is 1. The fourth-order valence-corrected chi connectivity index (χ4v) is 4.63. The highest BCUT2D eigenvalue weighted by Crippen LogP contribution is 2.34. The Labute approximate surface area is 244 Å². The molecule has 0 saturated carbocycles. The third-order valence-electron chi connectivity index (χ3n) is 6.92. The SMILES string of the molecule is COC(=O)c1ccc(N(C(C)=O)c2ccc([N+](C)(C=O)c3ccc(/C=C/c4cccc(CC(=O)O)c4)cc3)cc2)cc1. The number of ether oxygens (including phenoxy) is 1. The number of carboxylic acids is 1. The summed E-state index contributed by atoms with van der Waals surface area (Å²) in [6, 6.07) is 28.7. The largest absolute Gasteiger partial charge is 0.481 e. The molecular weight excluding hydrogens is 532 g/mol. The molecule has 0 aliphatic carbocycles. The number of methoxy groups -OCH3 is 1. The smallest absolute Gasteiger partial charge is 0.337 e. The Balaban J connectivity index is 1.54. The maximum absolute atomic E-state index is 12.6. The molecule has 4 rings (SSSR count). The molecule has 0 radical (unpaired) electrons. The van der Waals surface area contributed by atoms with E-state index >= 15 is 0 Å². The lowest BCUT2D eigenvalue weighted by Gasteiger charge is -2.27. The Morgan fingerprint density at radius 3 is 1.88 bits per heavy atom. The van der Waals surface area contributed by atoms with E-state index in [1.807, 2.05) is 54.6 Å². The Morgan fingerprint density at radius 1 is 0.810 bits per heavy atom. The van der Waals surface area contributed by atoms with Gasteiger partial charge in [0.05, 0.1) is 26.1 Å². The number of hydrogen-bond donors (Lipinski definition) is 1. The average molecular weight is 564 g/mol. The van der Waals surface area contributed by atoms with Crippen molar-refractivity contribution in [1.82, 2.24) is 4.48 Å². The first-order valence-corrected chi connectivity index (χ1v) is 13.2. The lowest BCUT2D eigenvalue weighted by molar-refractivity contribution is -0.136. The first-order chi connectivity index (χ1) is 20.1. The zero-order chi connectivity index (χ0) is 30.3. The zero-order valence-corrected chi connectivity index (χ0v) is 23.6. The van der Waals surface area contributed by atoms with E-state index in [1.54, 1.807) is 61.6 Å². The summed E-state index contributed by atoms with van der Waals surface area (Å²) in [5.41, 5.74) is 5.58. The van der Waals surface area contributed by atoms with Gasteiger partial charge in [-0.2, -0.15) is 0 Å². The monoisotopic (exact) mass is 563 g/mol. The number of amides is 2. The van der Waals surface area contributed by atoms with Gasteiger partial charge in [-0.15, -0.1) is 0 Å². The van der Waals surface area contributed by atoms with Crippen LogP contribution in [0.3, 0.4) is 0 Å². The minimum Gasteiger partial charge on any atom is -0.481 e. The standard InChI is InChI=1S/C34H30N2O6/c1-24(38)35(29-13-11-28(12-14-29)34(41)42-3)30-15-19-32(20-16-30)36(2,23-37)31-17-9-25(10-18-31)7-8-26-5-4-6-27(21-26)22-33(39)40/h4-21,23H,22H2,1-3H3/p+1/b8-7+. The van der Waals surface area contributed by atoms with Gasteiger partial charge in [0.25, 0.3) is 0 Å². The van der Waals surface area contributed by atoms with Crippen molar-refractivity contribution in [1.29, 1.82) is 0 Å². The molecule has 1 N–H and O–H groups in total. The molecule has 1 atom stereocenters. The average Bonchev–Trinajstić information content (AvgIpc) is 3.00. The van der Waals surface area contributed by atoms with Crippen LogP contribution in [0.4, 0.5) is 22.7 Å². The second kappa shape index (κ2) is 12.9. The molecule has 0 fully saturated rings. The van der Waals surface area contributed by atoms with Gasteiger partial charge in [-0.1, -0.05) is 36.4 Å². The van der Waals surface area contributed by atoms with Crippen LogP contribution in [0, 0.1) is 0 Å². The van der Waals surface area contributed by atoms with E-state index in [4.69, 9.17) is 9.84 Å². The Morgan fingerprint density at radius 2 is 1.36 bits per heavy atom. The fourth-order valence-electron chi connectivity index (χ4n) is 4.63. The number of quaternary nitrogens is 1. The molecule has 8 nitrogen and oxygen atoms in total. The molecule has 8 heteroatoms. The first-order valence-electron chi connectivity index (χ1n) is 13.2. The van der Waals surface area contributed by atoms with Gasteiger partial charge < -0.3 is 9.84 Å². The first kappa shape index (κ1) is 29.6. The summed E-state index contributed by atoms with van der Waals surface area (Å²) in [6.07, 6.45) is 4.66. The van der Waals surface area contributed by atoms with Gasteiger partial charge in [0.2, 0.25) is 5.91 Å². The summed E-state index contributed by atoms with van der Waals surface area (Å²) < 4.78 is 4.63. The second-order valence-corrected chi connectivity index (χ2v) is 9.83. The molecule has 0 aromatic heterocycles. The third kappa shape index (κ3) is 6.68. The molecule has 4 aromatic rings. The quantitative estimate of drug-likeness (QED) is 0.104. The summed E-state index contributed by atoms with van der Waals surface area (Å²) >= 11 is 0. The fraction of sp³-hybridized carbons (Fsp3) is 0.118. The van der Waals surface area contributed by atoms with Gasteiger partial charge in [0.1, 0.15) is 11.4 Å². The van der Waals surface area contributed by atoms with Gasteiger partial charge in [0, 0.05) is 42.6 Å². The number of esters is 1. The van der Waals surface area contributed by atoms with Crippen LogP contribution in [-0.2, 0) is 25.5 Å². The summed E-state index contributed by atoms with van der Waals surface area (Å²) in [4.78, 5) is 49.3. The lowest BCUT2D eigenvalue weighted by Crippen LogP contribution is -2.37. The number of carbonyl (C=O) groups excluding carboxylic acids is 3. The van der Waals surface area contributed by atoms with E-state index in [2.05, 4.69) is 0 Å². The van der Waals surface area contributed by atoms with E-state index in [1.165, 1.54) is 18.9 Å². The lowest BCUT2D eigenvalue weighted by atomic mass is 10.1. The van der Waals surface area contributed by atoms with Crippen molar-refractivity contribution in [3.8, 4) is 0 Å². The minimum atomic E-state index is -0.874. The van der Waals surface area contributed by atoms with Crippen molar-refractivity contribution in [2.45, 2.75) is 13.3 Å². The molecule has 1 unspecified atom stereocenters. The zero-order valence-electron chi connectivity index (χ0n) is 23.6. The normalized spacial score (nSPS) is 12.4. The van der Waals surface area contributed by atoms with Crippen molar-refractivity contribution in [3.05, 3.63) is 119 Å². The van der Waals surface area contributed by atoms with Crippen LogP contribution in [0.25, 0.3) is 12.2 Å². The predicted molar refractivity (Wildman–Crippen MR) is 164 cm³/mol. The molecule has 212 valence electrons. The number of rotatable bonds is 10. The number of anilines is 2. The summed E-state index contributed by atoms with van der Waals surface area (Å²) in [6.45, 7) is 1.45. The highest BCUT2D eigenvalue weighted by atomic mass is 16.5. The van der Waals surface area contributed by atoms with Crippen molar-refractivity contribution in [2.75, 3.05) is 19.1 Å². The van der Waals surface area contributed by atoms with Crippen LogP contribution in [0.2, 0.25) is 0 Å². The predicted octanol–water partition coefficient (Wildman–Crippen LogP) is 6.38. The van der Waals surface area contributed by atoms with Crippen molar-refractivity contribution in [3.63, 3.8) is 0 Å². The molecule has 0 saturated heterocycles. The maximum Gasteiger partial charge on any atom is 0.337 e. The van der Waals surface area contributed by atoms with E-state index in [-0.39, 0.29) is 16.8 Å². The van der Waals surface area contributed by atoms with Crippen molar-refractivity contribution < 1.29 is 29.0 Å². The van der Waals surface area contributed by atoms with Gasteiger partial charge >= 0.3 is 18.3 Å². The van der Waals surface area contributed by atoms with Gasteiger partial charge in [-0.3, -0.25) is 14.5 Å². The number of hydrogen-bond acceptors (Lipinski definition) is 5. The van der Waals surface area contributed by atoms with Gasteiger partial charge in [-0.25, -0.2) is 14.1 Å². The molecule has 0 heterocycles. The minimum absolute atomic E-state index is 0.0313. The molecular formula is C34H31N2O6+. The Hall–Kier alpha value is -5.34. The van der Waals surface area contributed by atoms with Crippen LogP contribution in [0.15, 0.2) is 97.1 Å². The van der Waals surface area contributed by atoms with Gasteiger partial charge in [0.15, 0.2) is 0 Å². The second-order valence-electron chi connectivity index (χ2n) is 9.83. The van der Waals surface area contributed by atoms with Crippen LogP contribution in [0.1, 0.15) is 34.0 Å². The molecule has 0 aliphatic rings. The van der Waals surface area contributed by atoms with Crippen molar-refractivity contribution >= 4 is 59.2 Å². The summed E-state index contributed by atoms with van der Waals surface area (Å²) in [5.74, 6) is -1.54. The molecule has 2 amide bonds. The van der Waals surface area contributed by atoms with E-state index in [9.17, 15) is 19.2 Å². The van der Waals surface area contributed by atoms with Crippen LogP contribution >= 0.6 is 0 Å². The Bertz CT molecular complexity index is 1630. The van der Waals surface area contributed by atoms with Crippen molar-refractivity contribution in [2.24, 2.45) is 0 Å². The maximum atomic E-state index is 12.6. The van der Waals surface area contributed by atoms with Crippen LogP contribution < -0.4 is 9.38 Å². The highest BCUT2D eigenvalue weighted by molar-refractivity contribution is 6.00. The summed E-state index contributed by atoms with van der Waals surface area (Å²) in [7, 11) is 3.10. The van der Waals surface area contributed by atoms with E-state index < -0.39 is 11.9 Å². The molecule has 4 aromatic carbocycles. The number of carboxylic acid groups (broad SMARTS) is 1. The molecule has 0 spiro atoms. The molecule has 0 aliphatic heterocycles. The number of nitrogens with zero attached hydrogens (tertiary/aromatic N) is 2. The highest BCUT2D eigenvalue weighted by Gasteiger charge is 2.28. The Kier molecular flexibility index (Phi) is 9.09. The molecule has 42 heavy (non-hydrogen) atoms. The topological polar surface area (TPSA) is 101 Å². The summed E-state index contributed by atoms with van der Waals surface area (Å²) in [5, 5.41) is 9.03. The van der Waals surface area contributed by atoms with Crippen LogP contribution in [-0.4, -0.2) is 43.5 Å². The van der Waals surface area contributed by atoms with E-state index in [0.717, 1.165) is 28.8 Å². The van der Waals surface area contributed by atoms with Crippen LogP contribution in [0.5, 0.6) is 0 Å².